The van der Waals surface area contributed by atoms with Gasteiger partial charge in [0.05, 0.1) is 47.9 Å². The lowest BCUT2D eigenvalue weighted by Crippen LogP contribution is -2.40. The highest BCUT2D eigenvalue weighted by Crippen LogP contribution is 2.47. The summed E-state index contributed by atoms with van der Waals surface area (Å²) in [6.07, 6.45) is 4.74. The predicted molar refractivity (Wildman–Crippen MR) is 171 cm³/mol. The third-order valence-corrected chi connectivity index (χ3v) is 9.19. The number of benzene rings is 1. The minimum Gasteiger partial charge on any atom is -0.490 e. The van der Waals surface area contributed by atoms with E-state index in [0.717, 1.165) is 38.4 Å². The van der Waals surface area contributed by atoms with E-state index in [4.69, 9.17) is 19.6 Å². The summed E-state index contributed by atoms with van der Waals surface area (Å²) in [6, 6.07) is 7.49. The van der Waals surface area contributed by atoms with E-state index >= 15 is 4.39 Å². The van der Waals surface area contributed by atoms with Crippen LogP contribution >= 0.6 is 11.3 Å². The summed E-state index contributed by atoms with van der Waals surface area (Å²) >= 11 is 1.41. The van der Waals surface area contributed by atoms with Gasteiger partial charge < -0.3 is 14.4 Å². The smallest absolute Gasteiger partial charge is 0.246 e. The molecule has 1 aliphatic rings. The van der Waals surface area contributed by atoms with E-state index in [0.29, 0.717) is 35.7 Å². The zero-order valence-electron chi connectivity index (χ0n) is 25.3. The first-order chi connectivity index (χ1) is 22.3. The van der Waals surface area contributed by atoms with Crippen LogP contribution in [0.3, 0.4) is 0 Å². The molecule has 6 heterocycles. The highest BCUT2D eigenvalue weighted by molar-refractivity contribution is 7.18. The summed E-state index contributed by atoms with van der Waals surface area (Å²) < 4.78 is 46.0. The predicted octanol–water partition coefficient (Wildman–Crippen LogP) is 6.17. The number of fused-ring (bicyclic) bond motifs is 3. The van der Waals surface area contributed by atoms with Gasteiger partial charge in [0.15, 0.2) is 0 Å². The normalized spacial score (nSPS) is 14.6. The number of ether oxygens (including phenoxy) is 2. The number of carbonyl (C=O) groups excluding carboxylic acids is 1. The standard InChI is InChI=1S/C33H29F2N7O3S/c1-5-28(43)41-7-8-42-25(18(41)2)15-23(39-42)32-30(29-22(35)13-20(34)14-27(29)45-10-9-44-4)33-21(6-11-46-33)31(38-32)19-12-26-24(36-16-19)17-37-40(26)3/h5-6,11-18H,1,7-10H2,2-4H3. The third-order valence-electron chi connectivity index (χ3n) is 8.25. The maximum absolute atomic E-state index is 16.0. The van der Waals surface area contributed by atoms with Crippen molar-refractivity contribution < 1.29 is 23.0 Å². The minimum absolute atomic E-state index is 0.0260. The number of aryl methyl sites for hydroxylation is 1. The average Bonchev–Trinajstić information content (AvgIpc) is 3.80. The molecule has 1 amide bonds. The van der Waals surface area contributed by atoms with Gasteiger partial charge in [-0.3, -0.25) is 19.1 Å². The monoisotopic (exact) mass is 641 g/mol. The summed E-state index contributed by atoms with van der Waals surface area (Å²) in [5.41, 5.74) is 5.08. The van der Waals surface area contributed by atoms with Gasteiger partial charge in [0.2, 0.25) is 5.91 Å². The van der Waals surface area contributed by atoms with Crippen LogP contribution in [0.25, 0.3) is 54.9 Å². The molecule has 7 rings (SSSR count). The molecular weight excluding hydrogens is 612 g/mol. The zero-order valence-corrected chi connectivity index (χ0v) is 26.1. The largest absolute Gasteiger partial charge is 0.490 e. The number of nitrogens with zero attached hydrogens (tertiary/aromatic N) is 7. The molecule has 46 heavy (non-hydrogen) atoms. The Balaban J connectivity index is 1.51. The average molecular weight is 642 g/mol. The Morgan fingerprint density at radius 1 is 1.13 bits per heavy atom. The first-order valence-electron chi connectivity index (χ1n) is 14.6. The molecule has 1 atom stereocenters. The Morgan fingerprint density at radius 2 is 1.98 bits per heavy atom. The first-order valence-corrected chi connectivity index (χ1v) is 15.5. The molecule has 1 unspecified atom stereocenters. The molecule has 13 heteroatoms. The molecule has 5 aromatic heterocycles. The van der Waals surface area contributed by atoms with Gasteiger partial charge in [-0.1, -0.05) is 6.58 Å². The van der Waals surface area contributed by atoms with Crippen molar-refractivity contribution in [2.45, 2.75) is 19.5 Å². The molecule has 0 saturated heterocycles. The molecule has 0 N–H and O–H groups in total. The number of aromatic nitrogens is 6. The number of amides is 1. The second-order valence-corrected chi connectivity index (χ2v) is 11.9. The maximum Gasteiger partial charge on any atom is 0.246 e. The van der Waals surface area contributed by atoms with E-state index in [1.807, 2.05) is 42.2 Å². The van der Waals surface area contributed by atoms with Crippen molar-refractivity contribution in [3.63, 3.8) is 0 Å². The van der Waals surface area contributed by atoms with Crippen molar-refractivity contribution in [2.75, 3.05) is 26.9 Å². The molecule has 0 radical (unpaired) electrons. The lowest BCUT2D eigenvalue weighted by molar-refractivity contribution is -0.129. The van der Waals surface area contributed by atoms with E-state index in [-0.39, 0.29) is 36.5 Å². The molecule has 1 aromatic carbocycles. The molecule has 0 saturated carbocycles. The maximum atomic E-state index is 16.0. The van der Waals surface area contributed by atoms with E-state index in [1.54, 1.807) is 22.0 Å². The SMILES string of the molecule is C=CC(=O)N1CCn2nc(-c3nc(-c4cnc5cnn(C)c5c4)c4ccsc4c3-c3c(F)cc(F)cc3OCCOC)cc2C1C. The second-order valence-electron chi connectivity index (χ2n) is 10.9. The topological polar surface area (TPSA) is 100 Å². The number of pyridine rings is 2. The molecule has 0 bridgehead atoms. The second kappa shape index (κ2) is 11.7. The van der Waals surface area contributed by atoms with Gasteiger partial charge >= 0.3 is 0 Å². The third kappa shape index (κ3) is 4.92. The van der Waals surface area contributed by atoms with Crippen LogP contribution in [-0.4, -0.2) is 67.2 Å². The van der Waals surface area contributed by atoms with Crippen LogP contribution in [0.4, 0.5) is 8.78 Å². The molecule has 0 aliphatic carbocycles. The number of carbonyl (C=O) groups is 1. The van der Waals surface area contributed by atoms with Gasteiger partial charge in [-0.2, -0.15) is 10.2 Å². The number of methoxy groups -OCH3 is 1. The Kier molecular flexibility index (Phi) is 7.57. The summed E-state index contributed by atoms with van der Waals surface area (Å²) in [5.74, 6) is -1.71. The molecule has 0 spiro atoms. The molecule has 10 nitrogen and oxygen atoms in total. The van der Waals surface area contributed by atoms with Gasteiger partial charge in [-0.05, 0) is 36.6 Å². The summed E-state index contributed by atoms with van der Waals surface area (Å²) in [5, 5.41) is 11.9. The van der Waals surface area contributed by atoms with Crippen LogP contribution in [0.2, 0.25) is 0 Å². The van der Waals surface area contributed by atoms with E-state index < -0.39 is 11.6 Å². The fourth-order valence-electron chi connectivity index (χ4n) is 6.00. The summed E-state index contributed by atoms with van der Waals surface area (Å²) in [7, 11) is 3.37. The van der Waals surface area contributed by atoms with Crippen LogP contribution in [0.15, 0.2) is 60.8 Å². The van der Waals surface area contributed by atoms with Crippen molar-refractivity contribution in [3.05, 3.63) is 78.1 Å². The molecular formula is C33H29F2N7O3S. The Bertz CT molecular complexity index is 2150. The number of hydrogen-bond donors (Lipinski definition) is 0. The van der Waals surface area contributed by atoms with Crippen molar-refractivity contribution in [2.24, 2.45) is 7.05 Å². The molecule has 0 fully saturated rings. The number of thiophene rings is 1. The fourth-order valence-corrected chi connectivity index (χ4v) is 6.94. The number of rotatable bonds is 8. The van der Waals surface area contributed by atoms with Gasteiger partial charge in [0.1, 0.15) is 40.9 Å². The van der Waals surface area contributed by atoms with Gasteiger partial charge in [-0.25, -0.2) is 13.8 Å². The number of halogens is 2. The van der Waals surface area contributed by atoms with Crippen LogP contribution < -0.4 is 4.74 Å². The first kappa shape index (κ1) is 29.7. The van der Waals surface area contributed by atoms with Crippen LogP contribution in [-0.2, 0) is 23.1 Å². The fraction of sp³-hybridized carbons (Fsp3) is 0.242. The van der Waals surface area contributed by atoms with Crippen molar-refractivity contribution in [1.82, 2.24) is 34.4 Å². The molecule has 6 aromatic rings. The van der Waals surface area contributed by atoms with Crippen molar-refractivity contribution in [1.29, 1.82) is 0 Å². The summed E-state index contributed by atoms with van der Waals surface area (Å²) in [4.78, 5) is 24.1. The number of hydrogen-bond acceptors (Lipinski definition) is 8. The van der Waals surface area contributed by atoms with Gasteiger partial charge in [0.25, 0.3) is 0 Å². The lowest BCUT2D eigenvalue weighted by atomic mass is 9.96. The van der Waals surface area contributed by atoms with E-state index in [1.165, 1.54) is 30.6 Å². The van der Waals surface area contributed by atoms with E-state index in [2.05, 4.69) is 16.7 Å². The quantitative estimate of drug-likeness (QED) is 0.145. The van der Waals surface area contributed by atoms with Crippen LogP contribution in [0.1, 0.15) is 18.7 Å². The Labute approximate surface area is 266 Å². The molecule has 1 aliphatic heterocycles. The highest BCUT2D eigenvalue weighted by Gasteiger charge is 2.31. The van der Waals surface area contributed by atoms with Gasteiger partial charge in [0, 0.05) is 60.2 Å². The summed E-state index contributed by atoms with van der Waals surface area (Å²) in [6.45, 7) is 6.79. The Hall–Kier alpha value is -5.01. The zero-order chi connectivity index (χ0) is 32.1. The highest BCUT2D eigenvalue weighted by atomic mass is 32.1. The lowest BCUT2D eigenvalue weighted by Gasteiger charge is -2.33. The van der Waals surface area contributed by atoms with Crippen LogP contribution in [0, 0.1) is 11.6 Å². The Morgan fingerprint density at radius 3 is 2.78 bits per heavy atom. The van der Waals surface area contributed by atoms with Gasteiger partial charge in [-0.15, -0.1) is 11.3 Å². The minimum atomic E-state index is -0.795. The van der Waals surface area contributed by atoms with Crippen molar-refractivity contribution >= 4 is 38.4 Å². The van der Waals surface area contributed by atoms with E-state index in [9.17, 15) is 9.18 Å². The van der Waals surface area contributed by atoms with Crippen molar-refractivity contribution in [3.8, 4) is 39.5 Å². The van der Waals surface area contributed by atoms with Crippen LogP contribution in [0.5, 0.6) is 5.75 Å². The molecule has 234 valence electrons.